The number of piperidine rings is 3. The van der Waals surface area contributed by atoms with Crippen molar-refractivity contribution in [1.82, 2.24) is 9.88 Å². The van der Waals surface area contributed by atoms with Crippen LogP contribution in [0.3, 0.4) is 0 Å². The molecule has 5 atom stereocenters. The molecule has 3 saturated heterocycles. The average Bonchev–Trinajstić information content (AvgIpc) is 2.91. The number of esters is 1. The summed E-state index contributed by atoms with van der Waals surface area (Å²) in [5.74, 6) is 1.30. The van der Waals surface area contributed by atoms with Crippen molar-refractivity contribution in [2.75, 3.05) is 13.1 Å². The molecule has 2 bridgehead atoms. The van der Waals surface area contributed by atoms with Crippen LogP contribution in [-0.4, -0.2) is 35.0 Å². The first kappa shape index (κ1) is 22.2. The Kier molecular flexibility index (Phi) is 5.99. The van der Waals surface area contributed by atoms with Gasteiger partial charge in [-0.1, -0.05) is 74.0 Å². The third-order valence-electron chi connectivity index (χ3n) is 8.22. The van der Waals surface area contributed by atoms with Crippen molar-refractivity contribution in [2.45, 2.75) is 44.8 Å². The molecular weight excluding hydrogens is 432 g/mol. The van der Waals surface area contributed by atoms with Crippen molar-refractivity contribution < 1.29 is 9.53 Å². The molecule has 178 valence electrons. The minimum atomic E-state index is -0.295. The molecule has 0 aliphatic carbocycles. The van der Waals surface area contributed by atoms with Gasteiger partial charge in [0, 0.05) is 23.7 Å². The van der Waals surface area contributed by atoms with Crippen LogP contribution in [0.2, 0.25) is 0 Å². The zero-order chi connectivity index (χ0) is 23.8. The van der Waals surface area contributed by atoms with Crippen LogP contribution in [-0.2, 0) is 16.0 Å². The summed E-state index contributed by atoms with van der Waals surface area (Å²) in [5.41, 5.74) is 3.01. The van der Waals surface area contributed by atoms with Crippen molar-refractivity contribution in [3.05, 3.63) is 90.1 Å². The molecule has 1 aromatic heterocycles. The topological polar surface area (TPSA) is 42.4 Å². The molecule has 4 heterocycles. The fourth-order valence-corrected chi connectivity index (χ4v) is 6.37. The number of carbonyl (C=O) groups excluding carboxylic acids is 1. The van der Waals surface area contributed by atoms with E-state index >= 15 is 0 Å². The van der Waals surface area contributed by atoms with Crippen molar-refractivity contribution in [3.8, 4) is 0 Å². The summed E-state index contributed by atoms with van der Waals surface area (Å²) < 4.78 is 6.41. The highest BCUT2D eigenvalue weighted by Gasteiger charge is 2.44. The molecule has 3 aromatic carbocycles. The van der Waals surface area contributed by atoms with Gasteiger partial charge in [-0.2, -0.15) is 0 Å². The molecule has 0 spiro atoms. The second-order valence-corrected chi connectivity index (χ2v) is 10.2. The van der Waals surface area contributed by atoms with Gasteiger partial charge in [0.15, 0.2) is 0 Å². The van der Waals surface area contributed by atoms with Gasteiger partial charge in [0.25, 0.3) is 0 Å². The van der Waals surface area contributed by atoms with Crippen LogP contribution in [0, 0.1) is 11.8 Å². The zero-order valence-corrected chi connectivity index (χ0v) is 20.3. The Hall–Kier alpha value is -3.24. The first-order valence-corrected chi connectivity index (χ1v) is 12.9. The smallest absolute Gasteiger partial charge is 0.310 e. The SMILES string of the molecule is CC[C@H]1CN2CC[C@@H]1C[C@H]2[C@H](OC(=O)Cc1ccc2ccccc2c1)c1ccnc2ccccc12. The number of ether oxygens (including phenoxy) is 1. The van der Waals surface area contributed by atoms with E-state index in [1.165, 1.54) is 18.2 Å². The average molecular weight is 465 g/mol. The Labute approximate surface area is 206 Å². The van der Waals surface area contributed by atoms with E-state index in [1.807, 2.05) is 42.6 Å². The Balaban J connectivity index is 1.32. The molecule has 0 saturated carbocycles. The number of carbonyl (C=O) groups is 1. The number of rotatable bonds is 6. The highest BCUT2D eigenvalue weighted by molar-refractivity contribution is 5.85. The van der Waals surface area contributed by atoms with Crippen LogP contribution in [0.15, 0.2) is 79.0 Å². The quantitative estimate of drug-likeness (QED) is 0.313. The molecule has 4 aromatic rings. The molecule has 1 unspecified atom stereocenters. The molecule has 0 amide bonds. The third-order valence-corrected chi connectivity index (χ3v) is 8.22. The number of para-hydroxylation sites is 1. The molecule has 3 aliphatic rings. The minimum Gasteiger partial charge on any atom is -0.456 e. The predicted molar refractivity (Wildman–Crippen MR) is 140 cm³/mol. The lowest BCUT2D eigenvalue weighted by Gasteiger charge is -2.51. The summed E-state index contributed by atoms with van der Waals surface area (Å²) in [4.78, 5) is 20.5. The van der Waals surface area contributed by atoms with Crippen LogP contribution in [0.4, 0.5) is 0 Å². The Morgan fingerprint density at radius 3 is 2.71 bits per heavy atom. The molecule has 4 heteroatoms. The maximum atomic E-state index is 13.4. The normalized spacial score (nSPS) is 24.5. The van der Waals surface area contributed by atoms with Gasteiger partial charge in [-0.3, -0.25) is 14.7 Å². The summed E-state index contributed by atoms with van der Waals surface area (Å²) in [5, 5.41) is 3.41. The van der Waals surface area contributed by atoms with Crippen molar-refractivity contribution in [3.63, 3.8) is 0 Å². The van der Waals surface area contributed by atoms with E-state index in [4.69, 9.17) is 4.74 Å². The number of fused-ring (bicyclic) bond motifs is 5. The van der Waals surface area contributed by atoms with Gasteiger partial charge in [0.1, 0.15) is 6.10 Å². The standard InChI is InChI=1S/C31H32N2O2/c1-2-22-20-33-16-14-25(22)19-29(33)31(27-13-15-32-28-10-6-5-9-26(27)28)35-30(34)18-21-11-12-23-7-3-4-8-24(23)17-21/h3-13,15,17,22,25,29,31H,2,14,16,18-20H2,1H3/t22-,25+,29-,31+/m0/s1. The van der Waals surface area contributed by atoms with E-state index in [2.05, 4.69) is 53.2 Å². The fraction of sp³-hybridized carbons (Fsp3) is 0.355. The van der Waals surface area contributed by atoms with Gasteiger partial charge in [0.2, 0.25) is 0 Å². The highest BCUT2D eigenvalue weighted by Crippen LogP contribution is 2.44. The van der Waals surface area contributed by atoms with Crippen LogP contribution < -0.4 is 0 Å². The largest absolute Gasteiger partial charge is 0.456 e. The number of pyridine rings is 1. The van der Waals surface area contributed by atoms with Crippen molar-refractivity contribution in [1.29, 1.82) is 0 Å². The van der Waals surface area contributed by atoms with Crippen molar-refractivity contribution >= 4 is 27.6 Å². The summed E-state index contributed by atoms with van der Waals surface area (Å²) >= 11 is 0. The van der Waals surface area contributed by atoms with E-state index in [9.17, 15) is 4.79 Å². The fourth-order valence-electron chi connectivity index (χ4n) is 6.37. The Bertz CT molecular complexity index is 1360. The van der Waals surface area contributed by atoms with Crippen LogP contribution in [0.5, 0.6) is 0 Å². The maximum absolute atomic E-state index is 13.4. The molecule has 0 radical (unpaired) electrons. The molecule has 0 N–H and O–H groups in total. The molecule has 35 heavy (non-hydrogen) atoms. The number of hydrogen-bond acceptors (Lipinski definition) is 4. The second kappa shape index (κ2) is 9.43. The van der Waals surface area contributed by atoms with Crippen molar-refractivity contribution in [2.24, 2.45) is 11.8 Å². The van der Waals surface area contributed by atoms with Crippen LogP contribution in [0.25, 0.3) is 21.7 Å². The highest BCUT2D eigenvalue weighted by atomic mass is 16.5. The summed E-state index contributed by atoms with van der Waals surface area (Å²) in [6.07, 6.45) is 5.40. The van der Waals surface area contributed by atoms with Crippen LogP contribution >= 0.6 is 0 Å². The lowest BCUT2D eigenvalue weighted by atomic mass is 9.72. The van der Waals surface area contributed by atoms with E-state index in [-0.39, 0.29) is 24.5 Å². The first-order valence-electron chi connectivity index (χ1n) is 12.9. The van der Waals surface area contributed by atoms with Gasteiger partial charge < -0.3 is 4.74 Å². The van der Waals surface area contributed by atoms with E-state index in [0.717, 1.165) is 52.8 Å². The number of hydrogen-bond donors (Lipinski definition) is 0. The van der Waals surface area contributed by atoms with E-state index in [0.29, 0.717) is 5.92 Å². The number of aromatic nitrogens is 1. The molecule has 3 aliphatic heterocycles. The van der Waals surface area contributed by atoms with E-state index < -0.39 is 0 Å². The van der Waals surface area contributed by atoms with Gasteiger partial charge in [-0.05, 0) is 59.7 Å². The summed E-state index contributed by atoms with van der Waals surface area (Å²) in [7, 11) is 0. The lowest BCUT2D eigenvalue weighted by Crippen LogP contribution is -2.55. The zero-order valence-electron chi connectivity index (χ0n) is 20.3. The third kappa shape index (κ3) is 4.32. The monoisotopic (exact) mass is 464 g/mol. The molecule has 4 nitrogen and oxygen atoms in total. The first-order chi connectivity index (χ1) is 17.2. The Morgan fingerprint density at radius 2 is 1.89 bits per heavy atom. The van der Waals surface area contributed by atoms with Gasteiger partial charge in [0.05, 0.1) is 18.0 Å². The second-order valence-electron chi connectivity index (χ2n) is 10.2. The summed E-state index contributed by atoms with van der Waals surface area (Å²) in [6.45, 7) is 4.50. The molecular formula is C31H32N2O2. The lowest BCUT2D eigenvalue weighted by molar-refractivity contribution is -0.157. The number of nitrogens with zero attached hydrogens (tertiary/aromatic N) is 2. The summed E-state index contributed by atoms with van der Waals surface area (Å²) in [6, 6.07) is 24.9. The predicted octanol–water partition coefficient (Wildman–Crippen LogP) is 6.34. The van der Waals surface area contributed by atoms with Gasteiger partial charge in [-0.15, -0.1) is 0 Å². The van der Waals surface area contributed by atoms with Crippen LogP contribution in [0.1, 0.15) is 43.4 Å². The maximum Gasteiger partial charge on any atom is 0.310 e. The van der Waals surface area contributed by atoms with Gasteiger partial charge >= 0.3 is 5.97 Å². The van der Waals surface area contributed by atoms with E-state index in [1.54, 1.807) is 0 Å². The minimum absolute atomic E-state index is 0.166. The molecule has 3 fully saturated rings. The van der Waals surface area contributed by atoms with Gasteiger partial charge in [-0.25, -0.2) is 0 Å². The molecule has 7 rings (SSSR count). The number of benzene rings is 3. The Morgan fingerprint density at radius 1 is 1.06 bits per heavy atom.